The van der Waals surface area contributed by atoms with Crippen LogP contribution in [0.3, 0.4) is 0 Å². The predicted molar refractivity (Wildman–Crippen MR) is 107 cm³/mol. The Morgan fingerprint density at radius 1 is 1.20 bits per heavy atom. The smallest absolute Gasteiger partial charge is 0.241 e. The van der Waals surface area contributed by atoms with Gasteiger partial charge in [0.15, 0.2) is 0 Å². The summed E-state index contributed by atoms with van der Waals surface area (Å²) in [6.45, 7) is 1.57. The molecule has 2 aliphatic rings. The molecule has 0 saturated heterocycles. The third kappa shape index (κ3) is 3.20. The lowest BCUT2D eigenvalue weighted by Gasteiger charge is -2.45. The van der Waals surface area contributed by atoms with Gasteiger partial charge in [0.05, 0.1) is 0 Å². The zero-order chi connectivity index (χ0) is 21.6. The van der Waals surface area contributed by atoms with Crippen LogP contribution in [-0.4, -0.2) is 22.5 Å². The van der Waals surface area contributed by atoms with Crippen molar-refractivity contribution in [3.05, 3.63) is 70.3 Å². The number of nitrogens with two attached hydrogens (primary N) is 1. The normalized spacial score (nSPS) is 22.9. The Balaban J connectivity index is 1.94. The van der Waals surface area contributed by atoms with E-state index in [9.17, 15) is 22.4 Å². The molecule has 0 saturated carbocycles. The molecule has 0 aromatic heterocycles. The van der Waals surface area contributed by atoms with Crippen molar-refractivity contribution in [2.24, 2.45) is 16.8 Å². The number of amides is 1. The van der Waals surface area contributed by atoms with Gasteiger partial charge in [-0.05, 0) is 67.1 Å². The second kappa shape index (κ2) is 7.70. The third-order valence-corrected chi connectivity index (χ3v) is 7.10. The number of carbonyl (C=O) groups is 1. The molecule has 1 spiro atoms. The van der Waals surface area contributed by atoms with Crippen molar-refractivity contribution in [2.45, 2.75) is 31.1 Å². The van der Waals surface area contributed by atoms with Gasteiger partial charge in [0.1, 0.15) is 33.2 Å². The van der Waals surface area contributed by atoms with E-state index in [0.29, 0.717) is 24.8 Å². The van der Waals surface area contributed by atoms with Crippen molar-refractivity contribution in [2.75, 3.05) is 6.54 Å². The van der Waals surface area contributed by atoms with Crippen LogP contribution in [0.2, 0.25) is 0 Å². The van der Waals surface area contributed by atoms with Crippen molar-refractivity contribution in [1.82, 2.24) is 5.01 Å². The van der Waals surface area contributed by atoms with Gasteiger partial charge in [-0.1, -0.05) is 11.8 Å². The fourth-order valence-corrected chi connectivity index (χ4v) is 5.96. The highest BCUT2D eigenvalue weighted by molar-refractivity contribution is 8.15. The minimum Gasteiger partial charge on any atom is -0.330 e. The highest BCUT2D eigenvalue weighted by atomic mass is 32.2. The molecule has 30 heavy (non-hydrogen) atoms. The molecular formula is C21H19F4N3OS. The average Bonchev–Trinajstić information content (AvgIpc) is 3.08. The molecule has 1 heterocycles. The fourth-order valence-electron chi connectivity index (χ4n) is 4.33. The minimum atomic E-state index is -1.30. The molecule has 158 valence electrons. The van der Waals surface area contributed by atoms with Gasteiger partial charge in [0.25, 0.3) is 0 Å². The molecule has 1 aliphatic heterocycles. The molecule has 0 bridgehead atoms. The SMILES string of the molecule is CC(=O)N1N=C(c2cc(F)ccc2F)S[C@]12c1cc(F)cc(F)c1CC[C@@H]2CCN. The maximum atomic E-state index is 14.6. The van der Waals surface area contributed by atoms with E-state index in [2.05, 4.69) is 5.10 Å². The van der Waals surface area contributed by atoms with Gasteiger partial charge >= 0.3 is 0 Å². The Bertz CT molecular complexity index is 1060. The van der Waals surface area contributed by atoms with Crippen molar-refractivity contribution in [3.63, 3.8) is 0 Å². The maximum Gasteiger partial charge on any atom is 0.241 e. The molecule has 2 N–H and O–H groups in total. The summed E-state index contributed by atoms with van der Waals surface area (Å²) in [7, 11) is 0. The Morgan fingerprint density at radius 2 is 1.97 bits per heavy atom. The first-order valence-electron chi connectivity index (χ1n) is 9.50. The molecule has 1 aliphatic carbocycles. The number of thioether (sulfide) groups is 1. The first kappa shape index (κ1) is 20.9. The summed E-state index contributed by atoms with van der Waals surface area (Å²) in [4.78, 5) is 11.3. The van der Waals surface area contributed by atoms with E-state index in [1.807, 2.05) is 0 Å². The quantitative estimate of drug-likeness (QED) is 0.730. The topological polar surface area (TPSA) is 58.7 Å². The highest BCUT2D eigenvalue weighted by Gasteiger charge is 2.56. The van der Waals surface area contributed by atoms with Gasteiger partial charge < -0.3 is 5.73 Å². The first-order chi connectivity index (χ1) is 14.3. The summed E-state index contributed by atoms with van der Waals surface area (Å²) < 4.78 is 57.1. The van der Waals surface area contributed by atoms with Crippen molar-refractivity contribution < 1.29 is 22.4 Å². The van der Waals surface area contributed by atoms with E-state index >= 15 is 0 Å². The Labute approximate surface area is 175 Å². The summed E-state index contributed by atoms with van der Waals surface area (Å²) in [6, 6.07) is 4.95. The largest absolute Gasteiger partial charge is 0.330 e. The van der Waals surface area contributed by atoms with Gasteiger partial charge in [-0.3, -0.25) is 4.79 Å². The van der Waals surface area contributed by atoms with E-state index < -0.39 is 34.0 Å². The van der Waals surface area contributed by atoms with Crippen molar-refractivity contribution in [3.8, 4) is 0 Å². The van der Waals surface area contributed by atoms with Crippen LogP contribution in [0.25, 0.3) is 0 Å². The lowest BCUT2D eigenvalue weighted by molar-refractivity contribution is -0.134. The summed E-state index contributed by atoms with van der Waals surface area (Å²) in [6.07, 6.45) is 1.30. The highest BCUT2D eigenvalue weighted by Crippen LogP contribution is 2.57. The maximum absolute atomic E-state index is 14.6. The predicted octanol–water partition coefficient (Wildman–Crippen LogP) is 4.26. The number of hydrazone groups is 1. The number of nitrogens with zero attached hydrogens (tertiary/aromatic N) is 2. The van der Waals surface area contributed by atoms with Gasteiger partial charge in [0.2, 0.25) is 5.91 Å². The van der Waals surface area contributed by atoms with Crippen molar-refractivity contribution in [1.29, 1.82) is 0 Å². The molecule has 4 rings (SSSR count). The average molecular weight is 437 g/mol. The van der Waals surface area contributed by atoms with Gasteiger partial charge in [-0.15, -0.1) is 0 Å². The lowest BCUT2D eigenvalue weighted by atomic mass is 9.76. The molecule has 2 atom stereocenters. The third-order valence-electron chi connectivity index (χ3n) is 5.57. The Kier molecular flexibility index (Phi) is 5.36. The van der Waals surface area contributed by atoms with Crippen LogP contribution in [0.5, 0.6) is 0 Å². The molecular weight excluding hydrogens is 418 g/mol. The van der Waals surface area contributed by atoms with Crippen LogP contribution in [0.15, 0.2) is 35.4 Å². The molecule has 4 nitrogen and oxygen atoms in total. The number of halogens is 4. The van der Waals surface area contributed by atoms with Gasteiger partial charge in [0, 0.05) is 18.6 Å². The van der Waals surface area contributed by atoms with E-state index in [1.165, 1.54) is 13.0 Å². The number of rotatable bonds is 3. The number of benzene rings is 2. The lowest BCUT2D eigenvalue weighted by Crippen LogP contribution is -2.49. The van der Waals surface area contributed by atoms with Crippen LogP contribution < -0.4 is 5.73 Å². The van der Waals surface area contributed by atoms with Crippen LogP contribution in [-0.2, 0) is 16.1 Å². The standard InChI is InChI=1S/C21H19F4N3OS/c1-11(29)28-21(30-20(27-28)16-8-13(22)3-5-18(16)24)12(6-7-26)2-4-15-17(21)9-14(23)10-19(15)25/h3,5,8-10,12H,2,4,6-7,26H2,1H3/t12-,21-/m1/s1. The number of carbonyl (C=O) groups excluding carboxylic acids is 1. The Hall–Kier alpha value is -2.39. The summed E-state index contributed by atoms with van der Waals surface area (Å²) in [5.41, 5.74) is 6.25. The molecule has 0 radical (unpaired) electrons. The molecule has 0 unspecified atom stereocenters. The van der Waals surface area contributed by atoms with Crippen LogP contribution in [0, 0.1) is 29.2 Å². The number of hydrogen-bond acceptors (Lipinski definition) is 4. The molecule has 2 aromatic rings. The fraction of sp³-hybridized carbons (Fsp3) is 0.333. The van der Waals surface area contributed by atoms with E-state index in [1.54, 1.807) is 0 Å². The minimum absolute atomic E-state index is 0.0711. The van der Waals surface area contributed by atoms with E-state index in [0.717, 1.165) is 41.0 Å². The van der Waals surface area contributed by atoms with Crippen LogP contribution >= 0.6 is 11.8 Å². The zero-order valence-corrected chi connectivity index (χ0v) is 16.9. The van der Waals surface area contributed by atoms with E-state index in [4.69, 9.17) is 5.73 Å². The number of hydrogen-bond donors (Lipinski definition) is 1. The van der Waals surface area contributed by atoms with Crippen molar-refractivity contribution >= 4 is 22.7 Å². The molecule has 0 fully saturated rings. The second-order valence-corrected chi connectivity index (χ2v) is 8.60. The van der Waals surface area contributed by atoms with Crippen LogP contribution in [0.1, 0.15) is 36.5 Å². The summed E-state index contributed by atoms with van der Waals surface area (Å²) in [5.74, 6) is -3.62. The molecule has 1 amide bonds. The summed E-state index contributed by atoms with van der Waals surface area (Å²) in [5, 5.41) is 5.52. The van der Waals surface area contributed by atoms with E-state index in [-0.39, 0.29) is 28.6 Å². The molecule has 9 heteroatoms. The monoisotopic (exact) mass is 437 g/mol. The van der Waals surface area contributed by atoms with Gasteiger partial charge in [-0.2, -0.15) is 5.10 Å². The second-order valence-electron chi connectivity index (χ2n) is 7.39. The summed E-state index contributed by atoms with van der Waals surface area (Å²) >= 11 is 1.01. The molecule has 2 aromatic carbocycles. The van der Waals surface area contributed by atoms with Crippen LogP contribution in [0.4, 0.5) is 17.6 Å². The van der Waals surface area contributed by atoms with Gasteiger partial charge in [-0.25, -0.2) is 22.6 Å². The Morgan fingerprint density at radius 3 is 2.67 bits per heavy atom. The number of fused-ring (bicyclic) bond motifs is 2. The zero-order valence-electron chi connectivity index (χ0n) is 16.1. The first-order valence-corrected chi connectivity index (χ1v) is 10.3.